The molecule has 3 aliphatic heterocycles. The van der Waals surface area contributed by atoms with Crippen molar-refractivity contribution in [1.29, 1.82) is 0 Å². The van der Waals surface area contributed by atoms with E-state index in [0.29, 0.717) is 42.9 Å². The molecule has 48 heavy (non-hydrogen) atoms. The Morgan fingerprint density at radius 3 is 2.60 bits per heavy atom. The summed E-state index contributed by atoms with van der Waals surface area (Å²) in [5.74, 6) is -0.624. The number of benzene rings is 3. The highest BCUT2D eigenvalue weighted by molar-refractivity contribution is 6.07. The summed E-state index contributed by atoms with van der Waals surface area (Å²) in [6.07, 6.45) is 8.65. The molecule has 0 bridgehead atoms. The molecule has 3 aromatic carbocycles. The van der Waals surface area contributed by atoms with E-state index in [1.54, 1.807) is 54.2 Å². The number of carbonyl (C=O) groups is 3. The molecule has 2 N–H and O–H groups in total. The lowest BCUT2D eigenvalue weighted by atomic mass is 9.82. The lowest BCUT2D eigenvalue weighted by Gasteiger charge is -2.36. The number of anilines is 2. The van der Waals surface area contributed by atoms with Crippen LogP contribution < -0.4 is 14.5 Å². The van der Waals surface area contributed by atoms with Gasteiger partial charge in [0.1, 0.15) is 5.75 Å². The second kappa shape index (κ2) is 14.3. The summed E-state index contributed by atoms with van der Waals surface area (Å²) < 4.78 is 5.47. The molecule has 252 valence electrons. The Kier molecular flexibility index (Phi) is 9.99. The Hall–Kier alpha value is -4.47. The SMILES string of the molecule is COc1ccc2c(c1)[C@@](O)([C@H](C)/C=C/CC(=O)N1Cc3ccccc3C[C@H]1CO)C(=O)N2Cc1cccc(N2CCCCCCC2=O)c1. The number of rotatable bonds is 9. The average molecular weight is 652 g/mol. The van der Waals surface area contributed by atoms with Crippen LogP contribution in [0.15, 0.2) is 78.9 Å². The van der Waals surface area contributed by atoms with Crippen molar-refractivity contribution in [2.24, 2.45) is 5.92 Å². The molecule has 9 heteroatoms. The molecule has 1 saturated heterocycles. The second-order valence-electron chi connectivity index (χ2n) is 13.2. The normalized spacial score (nSPS) is 21.9. The molecule has 0 aromatic heterocycles. The first-order chi connectivity index (χ1) is 23.2. The smallest absolute Gasteiger partial charge is 0.264 e. The van der Waals surface area contributed by atoms with E-state index >= 15 is 0 Å². The molecular weight excluding hydrogens is 606 g/mol. The lowest BCUT2D eigenvalue weighted by Crippen LogP contribution is -2.46. The van der Waals surface area contributed by atoms with Gasteiger partial charge in [-0.15, -0.1) is 0 Å². The van der Waals surface area contributed by atoms with Gasteiger partial charge in [0.25, 0.3) is 5.91 Å². The number of aliphatic hydroxyl groups excluding tert-OH is 1. The molecule has 3 atom stereocenters. The highest BCUT2D eigenvalue weighted by Gasteiger charge is 2.52. The first-order valence-corrected chi connectivity index (χ1v) is 17.0. The first kappa shape index (κ1) is 33.4. The summed E-state index contributed by atoms with van der Waals surface area (Å²) in [5.41, 5.74) is 3.02. The molecular formula is C39H45N3O6. The topological polar surface area (TPSA) is 111 Å². The van der Waals surface area contributed by atoms with Gasteiger partial charge in [0.05, 0.1) is 32.0 Å². The number of hydrogen-bond acceptors (Lipinski definition) is 6. The van der Waals surface area contributed by atoms with E-state index in [1.807, 2.05) is 53.4 Å². The zero-order valence-corrected chi connectivity index (χ0v) is 27.8. The van der Waals surface area contributed by atoms with Crippen LogP contribution in [0.25, 0.3) is 0 Å². The minimum atomic E-state index is -1.89. The summed E-state index contributed by atoms with van der Waals surface area (Å²) in [6.45, 7) is 2.96. The maximum atomic E-state index is 14.2. The van der Waals surface area contributed by atoms with Crippen LogP contribution in [-0.2, 0) is 39.5 Å². The molecule has 0 unspecified atom stereocenters. The maximum Gasteiger partial charge on any atom is 0.264 e. The molecule has 0 spiro atoms. The Bertz CT molecular complexity index is 1700. The Morgan fingerprint density at radius 2 is 1.81 bits per heavy atom. The number of methoxy groups -OCH3 is 1. The van der Waals surface area contributed by atoms with E-state index in [0.717, 1.165) is 48.1 Å². The Labute approximate surface area is 282 Å². The molecule has 0 aliphatic carbocycles. The second-order valence-corrected chi connectivity index (χ2v) is 13.2. The van der Waals surface area contributed by atoms with Crippen molar-refractivity contribution in [3.05, 3.63) is 101 Å². The third kappa shape index (κ3) is 6.49. The standard InChI is InChI=1S/C39H45N3O6/c1-27(11-9-17-37(45)41-25-30-14-7-6-13-29(30)22-32(41)26-43)39(47)34-23-33(48-2)18-19-35(34)42(38(39)46)24-28-12-10-15-31(21-28)40-20-8-4-3-5-16-36(40)44/h6-7,9-15,18-19,21,23,27,32,43,47H,3-5,8,16-17,20,22,24-26H2,1-2H3/b11-9+/t27-,32+,39+/m1/s1. The van der Waals surface area contributed by atoms with Crippen LogP contribution in [0.4, 0.5) is 11.4 Å². The van der Waals surface area contributed by atoms with Crippen molar-refractivity contribution >= 4 is 29.1 Å². The van der Waals surface area contributed by atoms with Crippen molar-refractivity contribution in [2.45, 2.75) is 76.6 Å². The van der Waals surface area contributed by atoms with E-state index in [-0.39, 0.29) is 37.4 Å². The fourth-order valence-electron chi connectivity index (χ4n) is 7.32. The predicted molar refractivity (Wildman–Crippen MR) is 184 cm³/mol. The molecule has 0 saturated carbocycles. The van der Waals surface area contributed by atoms with Crippen LogP contribution >= 0.6 is 0 Å². The van der Waals surface area contributed by atoms with Gasteiger partial charge in [-0.05, 0) is 66.3 Å². The van der Waals surface area contributed by atoms with Crippen LogP contribution in [0.2, 0.25) is 0 Å². The van der Waals surface area contributed by atoms with Crippen molar-refractivity contribution in [3.8, 4) is 5.75 Å². The van der Waals surface area contributed by atoms with Crippen LogP contribution in [-0.4, -0.2) is 59.1 Å². The van der Waals surface area contributed by atoms with Crippen LogP contribution in [0.1, 0.15) is 67.7 Å². The fourth-order valence-corrected chi connectivity index (χ4v) is 7.32. The molecule has 3 heterocycles. The average Bonchev–Trinajstić information content (AvgIpc) is 3.31. The van der Waals surface area contributed by atoms with Crippen molar-refractivity contribution in [1.82, 2.24) is 4.90 Å². The number of ether oxygens (including phenoxy) is 1. The third-order valence-corrected chi connectivity index (χ3v) is 10.1. The monoisotopic (exact) mass is 651 g/mol. The fraction of sp³-hybridized carbons (Fsp3) is 0.410. The van der Waals surface area contributed by atoms with Gasteiger partial charge in [0.15, 0.2) is 5.60 Å². The van der Waals surface area contributed by atoms with E-state index in [1.165, 1.54) is 0 Å². The number of carbonyl (C=O) groups excluding carboxylic acids is 3. The zero-order chi connectivity index (χ0) is 33.8. The van der Waals surface area contributed by atoms with Gasteiger partial charge in [0.2, 0.25) is 11.8 Å². The summed E-state index contributed by atoms with van der Waals surface area (Å²) in [6, 6.07) is 20.7. The Morgan fingerprint density at radius 1 is 1.02 bits per heavy atom. The minimum Gasteiger partial charge on any atom is -0.497 e. The summed E-state index contributed by atoms with van der Waals surface area (Å²) in [7, 11) is 1.54. The van der Waals surface area contributed by atoms with Gasteiger partial charge in [-0.25, -0.2) is 0 Å². The van der Waals surface area contributed by atoms with E-state index in [9.17, 15) is 24.6 Å². The molecule has 3 amide bonds. The quantitative estimate of drug-likeness (QED) is 0.306. The zero-order valence-electron chi connectivity index (χ0n) is 27.8. The van der Waals surface area contributed by atoms with Crippen molar-refractivity contribution < 1.29 is 29.3 Å². The summed E-state index contributed by atoms with van der Waals surface area (Å²) >= 11 is 0. The van der Waals surface area contributed by atoms with E-state index in [2.05, 4.69) is 0 Å². The van der Waals surface area contributed by atoms with Crippen LogP contribution in [0.3, 0.4) is 0 Å². The van der Waals surface area contributed by atoms with Gasteiger partial charge >= 0.3 is 0 Å². The largest absolute Gasteiger partial charge is 0.497 e. The molecule has 3 aliphatic rings. The van der Waals surface area contributed by atoms with Crippen LogP contribution in [0.5, 0.6) is 5.75 Å². The molecule has 1 fully saturated rings. The highest BCUT2D eigenvalue weighted by atomic mass is 16.5. The van der Waals surface area contributed by atoms with Crippen molar-refractivity contribution in [3.63, 3.8) is 0 Å². The number of hydrogen-bond donors (Lipinski definition) is 2. The van der Waals surface area contributed by atoms with Crippen LogP contribution in [0, 0.1) is 5.92 Å². The van der Waals surface area contributed by atoms with Crippen molar-refractivity contribution in [2.75, 3.05) is 30.1 Å². The molecule has 9 nitrogen and oxygen atoms in total. The minimum absolute atomic E-state index is 0.0734. The highest BCUT2D eigenvalue weighted by Crippen LogP contribution is 2.47. The Balaban J connectivity index is 1.21. The van der Waals surface area contributed by atoms with Gasteiger partial charge in [-0.3, -0.25) is 14.4 Å². The predicted octanol–water partition coefficient (Wildman–Crippen LogP) is 5.25. The van der Waals surface area contributed by atoms with Gasteiger partial charge in [-0.1, -0.05) is 68.3 Å². The number of amides is 3. The number of nitrogens with zero attached hydrogens (tertiary/aromatic N) is 3. The van der Waals surface area contributed by atoms with E-state index < -0.39 is 17.4 Å². The summed E-state index contributed by atoms with van der Waals surface area (Å²) in [4.78, 5) is 45.7. The molecule has 6 rings (SSSR count). The molecule has 0 radical (unpaired) electrons. The van der Waals surface area contributed by atoms with Gasteiger partial charge in [0, 0.05) is 43.1 Å². The van der Waals surface area contributed by atoms with Gasteiger partial charge in [-0.2, -0.15) is 0 Å². The first-order valence-electron chi connectivity index (χ1n) is 17.0. The van der Waals surface area contributed by atoms with Gasteiger partial charge < -0.3 is 29.6 Å². The van der Waals surface area contributed by atoms with E-state index in [4.69, 9.17) is 4.74 Å². The maximum absolute atomic E-state index is 14.2. The third-order valence-electron chi connectivity index (χ3n) is 10.1. The number of fused-ring (bicyclic) bond motifs is 2. The lowest BCUT2D eigenvalue weighted by molar-refractivity contribution is -0.139. The molecule has 3 aromatic rings. The summed E-state index contributed by atoms with van der Waals surface area (Å²) in [5, 5.41) is 22.2. The number of aliphatic hydroxyl groups is 2.